The number of hydrogen-bond acceptors (Lipinski definition) is 4. The molecule has 4 rings (SSSR count). The average Bonchev–Trinajstić information content (AvgIpc) is 3.19. The first-order valence-corrected chi connectivity index (χ1v) is 9.78. The Balaban J connectivity index is 1.53. The first kappa shape index (κ1) is 17.7. The summed E-state index contributed by atoms with van der Waals surface area (Å²) >= 11 is 1.63. The minimum absolute atomic E-state index is 0.0250. The molecule has 0 bridgehead atoms. The van der Waals surface area contributed by atoms with Crippen LogP contribution < -0.4 is 10.2 Å². The number of hydrogen-bond donors (Lipinski definition) is 1. The van der Waals surface area contributed by atoms with E-state index in [2.05, 4.69) is 10.3 Å². The molecule has 5 nitrogen and oxygen atoms in total. The summed E-state index contributed by atoms with van der Waals surface area (Å²) in [6.45, 7) is 6.31. The predicted molar refractivity (Wildman–Crippen MR) is 109 cm³/mol. The normalized spacial score (nSPS) is 16.9. The second-order valence-electron chi connectivity index (χ2n) is 7.05. The van der Waals surface area contributed by atoms with Crippen LogP contribution in [0.3, 0.4) is 0 Å². The third-order valence-electron chi connectivity index (χ3n) is 5.01. The fraction of sp³-hybridized carbons (Fsp3) is 0.286. The van der Waals surface area contributed by atoms with E-state index in [1.54, 1.807) is 16.2 Å². The van der Waals surface area contributed by atoms with Crippen molar-refractivity contribution in [3.05, 3.63) is 52.5 Å². The maximum atomic E-state index is 12.8. The molecule has 1 aliphatic rings. The summed E-state index contributed by atoms with van der Waals surface area (Å²) in [6, 6.07) is 11.8. The van der Waals surface area contributed by atoms with Crippen LogP contribution in [0.15, 0.2) is 36.4 Å². The van der Waals surface area contributed by atoms with Crippen molar-refractivity contribution in [2.75, 3.05) is 16.8 Å². The van der Waals surface area contributed by atoms with Gasteiger partial charge in [-0.25, -0.2) is 4.98 Å². The van der Waals surface area contributed by atoms with Crippen molar-refractivity contribution in [3.63, 3.8) is 0 Å². The lowest BCUT2D eigenvalue weighted by atomic mass is 10.1. The van der Waals surface area contributed by atoms with E-state index >= 15 is 0 Å². The number of fused-ring (bicyclic) bond motifs is 1. The van der Waals surface area contributed by atoms with Crippen molar-refractivity contribution >= 4 is 44.7 Å². The molecule has 1 unspecified atom stereocenters. The molecule has 6 heteroatoms. The second-order valence-corrected chi connectivity index (χ2v) is 8.28. The van der Waals surface area contributed by atoms with Gasteiger partial charge in [-0.05, 0) is 50.1 Å². The van der Waals surface area contributed by atoms with Crippen LogP contribution in [0.2, 0.25) is 0 Å². The zero-order chi connectivity index (χ0) is 19.1. The Morgan fingerprint density at radius 2 is 1.93 bits per heavy atom. The highest BCUT2D eigenvalue weighted by Crippen LogP contribution is 2.31. The number of anilines is 2. The number of carbonyl (C=O) groups excluding carboxylic acids is 2. The smallest absolute Gasteiger partial charge is 0.229 e. The number of carbonyl (C=O) groups is 2. The molecule has 2 amide bonds. The predicted octanol–water partition coefficient (Wildman–Crippen LogP) is 4.21. The highest BCUT2D eigenvalue weighted by atomic mass is 32.1. The SMILES string of the molecule is Cc1nc2cc(N3CC(C(=O)Nc4c(C)cccc4C)CC3=O)ccc2s1. The molecule has 1 aliphatic heterocycles. The fourth-order valence-electron chi connectivity index (χ4n) is 3.57. The van der Waals surface area contributed by atoms with Gasteiger partial charge < -0.3 is 10.2 Å². The van der Waals surface area contributed by atoms with Gasteiger partial charge >= 0.3 is 0 Å². The number of benzene rings is 2. The van der Waals surface area contributed by atoms with E-state index in [1.165, 1.54) is 0 Å². The summed E-state index contributed by atoms with van der Waals surface area (Å²) < 4.78 is 1.10. The van der Waals surface area contributed by atoms with E-state index in [-0.39, 0.29) is 24.2 Å². The standard InChI is InChI=1S/C21H21N3O2S/c1-12-5-4-6-13(2)20(12)23-21(26)15-9-19(25)24(11-15)16-7-8-18-17(10-16)22-14(3)27-18/h4-8,10,15H,9,11H2,1-3H3,(H,23,26). The van der Waals surface area contributed by atoms with Crippen LogP contribution in [-0.2, 0) is 9.59 Å². The number of aryl methyl sites for hydroxylation is 3. The first-order valence-electron chi connectivity index (χ1n) is 8.97. The minimum Gasteiger partial charge on any atom is -0.325 e. The van der Waals surface area contributed by atoms with Crippen molar-refractivity contribution in [1.29, 1.82) is 0 Å². The summed E-state index contributed by atoms with van der Waals surface area (Å²) in [7, 11) is 0. The number of nitrogens with zero attached hydrogens (tertiary/aromatic N) is 2. The number of rotatable bonds is 3. The first-order chi connectivity index (χ1) is 12.9. The third kappa shape index (κ3) is 3.32. The highest BCUT2D eigenvalue weighted by Gasteiger charge is 2.35. The molecule has 1 fully saturated rings. The zero-order valence-electron chi connectivity index (χ0n) is 15.6. The topological polar surface area (TPSA) is 62.3 Å². The maximum Gasteiger partial charge on any atom is 0.229 e. The van der Waals surface area contributed by atoms with Crippen molar-refractivity contribution in [3.8, 4) is 0 Å². The van der Waals surface area contributed by atoms with E-state index in [1.807, 2.05) is 57.2 Å². The van der Waals surface area contributed by atoms with Crippen molar-refractivity contribution in [1.82, 2.24) is 4.98 Å². The van der Waals surface area contributed by atoms with E-state index in [9.17, 15) is 9.59 Å². The average molecular weight is 379 g/mol. The summed E-state index contributed by atoms with van der Waals surface area (Å²) in [5.41, 5.74) is 4.59. The van der Waals surface area contributed by atoms with Crippen LogP contribution in [0.4, 0.5) is 11.4 Å². The van der Waals surface area contributed by atoms with Crippen LogP contribution in [0.1, 0.15) is 22.6 Å². The van der Waals surface area contributed by atoms with E-state index in [4.69, 9.17) is 0 Å². The largest absolute Gasteiger partial charge is 0.325 e. The van der Waals surface area contributed by atoms with Gasteiger partial charge in [0.25, 0.3) is 0 Å². The molecular weight excluding hydrogens is 358 g/mol. The van der Waals surface area contributed by atoms with Crippen LogP contribution in [0.5, 0.6) is 0 Å². The van der Waals surface area contributed by atoms with Gasteiger partial charge in [-0.15, -0.1) is 11.3 Å². The highest BCUT2D eigenvalue weighted by molar-refractivity contribution is 7.18. The van der Waals surface area contributed by atoms with Gasteiger partial charge in [0.15, 0.2) is 0 Å². The Hall–Kier alpha value is -2.73. The number of amides is 2. The summed E-state index contributed by atoms with van der Waals surface area (Å²) in [5.74, 6) is -0.485. The lowest BCUT2D eigenvalue weighted by molar-refractivity contribution is -0.122. The molecule has 27 heavy (non-hydrogen) atoms. The molecule has 1 aromatic heterocycles. The summed E-state index contributed by atoms with van der Waals surface area (Å²) in [4.78, 5) is 31.5. The fourth-order valence-corrected chi connectivity index (χ4v) is 4.38. The van der Waals surface area contributed by atoms with Crippen molar-refractivity contribution in [2.45, 2.75) is 27.2 Å². The zero-order valence-corrected chi connectivity index (χ0v) is 16.4. The molecule has 2 heterocycles. The number of nitrogens with one attached hydrogen (secondary N) is 1. The number of aromatic nitrogens is 1. The molecule has 0 spiro atoms. The van der Waals surface area contributed by atoms with E-state index in [0.717, 1.165) is 37.7 Å². The Morgan fingerprint density at radius 3 is 2.67 bits per heavy atom. The van der Waals surface area contributed by atoms with E-state index < -0.39 is 0 Å². The van der Waals surface area contributed by atoms with Crippen molar-refractivity contribution < 1.29 is 9.59 Å². The molecule has 0 saturated carbocycles. The minimum atomic E-state index is -0.357. The van der Waals surface area contributed by atoms with Crippen LogP contribution >= 0.6 is 11.3 Å². The molecule has 2 aromatic carbocycles. The van der Waals surface area contributed by atoms with Gasteiger partial charge in [-0.2, -0.15) is 0 Å². The van der Waals surface area contributed by atoms with Crippen molar-refractivity contribution in [2.24, 2.45) is 5.92 Å². The van der Waals surface area contributed by atoms with Gasteiger partial charge in [0.1, 0.15) is 0 Å². The molecule has 1 atom stereocenters. The lowest BCUT2D eigenvalue weighted by Gasteiger charge is -2.17. The van der Waals surface area contributed by atoms with Gasteiger partial charge in [0.05, 0.1) is 21.1 Å². The molecule has 3 aromatic rings. The maximum absolute atomic E-state index is 12.8. The number of para-hydroxylation sites is 1. The van der Waals surface area contributed by atoms with Gasteiger partial charge in [0.2, 0.25) is 11.8 Å². The van der Waals surface area contributed by atoms with E-state index in [0.29, 0.717) is 6.54 Å². The van der Waals surface area contributed by atoms with Gasteiger partial charge in [0, 0.05) is 24.3 Å². The molecule has 138 valence electrons. The molecule has 1 N–H and O–H groups in total. The van der Waals surface area contributed by atoms with Gasteiger partial charge in [-0.3, -0.25) is 9.59 Å². The quantitative estimate of drug-likeness (QED) is 0.741. The number of thiazole rings is 1. The van der Waals surface area contributed by atoms with Crippen LogP contribution in [0.25, 0.3) is 10.2 Å². The summed E-state index contributed by atoms with van der Waals surface area (Å²) in [5, 5.41) is 4.02. The monoisotopic (exact) mass is 379 g/mol. The lowest BCUT2D eigenvalue weighted by Crippen LogP contribution is -2.28. The Bertz CT molecular complexity index is 1040. The molecular formula is C21H21N3O2S. The Morgan fingerprint density at radius 1 is 1.19 bits per heavy atom. The molecule has 1 saturated heterocycles. The second kappa shape index (κ2) is 6.78. The Labute approximate surface area is 162 Å². The molecule has 0 aliphatic carbocycles. The van der Waals surface area contributed by atoms with Crippen LogP contribution in [0, 0.1) is 26.7 Å². The summed E-state index contributed by atoms with van der Waals surface area (Å²) in [6.07, 6.45) is 0.227. The third-order valence-corrected chi connectivity index (χ3v) is 5.97. The Kier molecular flexibility index (Phi) is 4.44. The van der Waals surface area contributed by atoms with Gasteiger partial charge in [-0.1, -0.05) is 18.2 Å². The van der Waals surface area contributed by atoms with Crippen LogP contribution in [-0.4, -0.2) is 23.3 Å². The molecule has 0 radical (unpaired) electrons.